The predicted octanol–water partition coefficient (Wildman–Crippen LogP) is 2.40. The standard InChI is InChI=1S/C15H23NO2/c1-11-5-4-6-12(9-16-13-7-8-13)14(11)18-10-15(2,3)17/h4-6,13,16-17H,7-10H2,1-3H3. The molecule has 1 aromatic carbocycles. The Kier molecular flexibility index (Phi) is 3.93. The highest BCUT2D eigenvalue weighted by atomic mass is 16.5. The molecule has 0 atom stereocenters. The molecule has 1 saturated carbocycles. The van der Waals surface area contributed by atoms with E-state index >= 15 is 0 Å². The second-order valence-corrected chi connectivity index (χ2v) is 5.82. The average molecular weight is 249 g/mol. The summed E-state index contributed by atoms with van der Waals surface area (Å²) >= 11 is 0. The Morgan fingerprint density at radius 1 is 1.39 bits per heavy atom. The van der Waals surface area contributed by atoms with Crippen molar-refractivity contribution in [2.45, 2.75) is 51.8 Å². The molecule has 2 N–H and O–H groups in total. The van der Waals surface area contributed by atoms with Crippen LogP contribution in [-0.4, -0.2) is 23.4 Å². The van der Waals surface area contributed by atoms with E-state index in [0.717, 1.165) is 17.9 Å². The maximum atomic E-state index is 9.75. The molecule has 1 fully saturated rings. The van der Waals surface area contributed by atoms with E-state index in [1.54, 1.807) is 13.8 Å². The predicted molar refractivity (Wildman–Crippen MR) is 72.8 cm³/mol. The van der Waals surface area contributed by atoms with Crippen LogP contribution in [0.25, 0.3) is 0 Å². The van der Waals surface area contributed by atoms with E-state index in [2.05, 4.69) is 17.4 Å². The van der Waals surface area contributed by atoms with Gasteiger partial charge in [-0.1, -0.05) is 18.2 Å². The van der Waals surface area contributed by atoms with Gasteiger partial charge in [0.2, 0.25) is 0 Å². The SMILES string of the molecule is Cc1cccc(CNC2CC2)c1OCC(C)(C)O. The third-order valence-corrected chi connectivity index (χ3v) is 3.02. The molecular formula is C15H23NO2. The van der Waals surface area contributed by atoms with Crippen molar-refractivity contribution >= 4 is 0 Å². The van der Waals surface area contributed by atoms with Crippen LogP contribution in [0, 0.1) is 6.92 Å². The molecule has 18 heavy (non-hydrogen) atoms. The molecule has 0 heterocycles. The van der Waals surface area contributed by atoms with Crippen molar-refractivity contribution in [1.82, 2.24) is 5.32 Å². The summed E-state index contributed by atoms with van der Waals surface area (Å²) in [6, 6.07) is 6.87. The second-order valence-electron chi connectivity index (χ2n) is 5.82. The van der Waals surface area contributed by atoms with E-state index in [0.29, 0.717) is 12.6 Å². The number of aryl methyl sites for hydroxylation is 1. The summed E-state index contributed by atoms with van der Waals surface area (Å²) in [6.45, 7) is 6.71. The van der Waals surface area contributed by atoms with Crippen LogP contribution >= 0.6 is 0 Å². The van der Waals surface area contributed by atoms with Gasteiger partial charge in [-0.3, -0.25) is 0 Å². The molecule has 3 nitrogen and oxygen atoms in total. The van der Waals surface area contributed by atoms with Crippen molar-refractivity contribution in [3.8, 4) is 5.75 Å². The molecule has 0 aliphatic heterocycles. The van der Waals surface area contributed by atoms with Crippen LogP contribution in [0.3, 0.4) is 0 Å². The molecule has 0 aromatic heterocycles. The van der Waals surface area contributed by atoms with Crippen molar-refractivity contribution in [2.75, 3.05) is 6.61 Å². The maximum Gasteiger partial charge on any atom is 0.126 e. The fraction of sp³-hybridized carbons (Fsp3) is 0.600. The molecule has 1 aliphatic carbocycles. The van der Waals surface area contributed by atoms with E-state index in [9.17, 15) is 5.11 Å². The van der Waals surface area contributed by atoms with Gasteiger partial charge in [0, 0.05) is 18.2 Å². The zero-order valence-corrected chi connectivity index (χ0v) is 11.5. The molecule has 1 aromatic rings. The third kappa shape index (κ3) is 4.00. The van der Waals surface area contributed by atoms with Crippen molar-refractivity contribution in [3.05, 3.63) is 29.3 Å². The van der Waals surface area contributed by atoms with Gasteiger partial charge in [0.05, 0.1) is 5.60 Å². The van der Waals surface area contributed by atoms with Gasteiger partial charge in [0.25, 0.3) is 0 Å². The highest BCUT2D eigenvalue weighted by Crippen LogP contribution is 2.26. The molecule has 100 valence electrons. The minimum atomic E-state index is -0.802. The first kappa shape index (κ1) is 13.4. The topological polar surface area (TPSA) is 41.5 Å². The number of aliphatic hydroxyl groups is 1. The summed E-state index contributed by atoms with van der Waals surface area (Å²) in [5.41, 5.74) is 1.49. The monoisotopic (exact) mass is 249 g/mol. The van der Waals surface area contributed by atoms with E-state index < -0.39 is 5.60 Å². The van der Waals surface area contributed by atoms with Crippen molar-refractivity contribution in [2.24, 2.45) is 0 Å². The van der Waals surface area contributed by atoms with Crippen LogP contribution in [-0.2, 0) is 6.54 Å². The maximum absolute atomic E-state index is 9.75. The lowest BCUT2D eigenvalue weighted by molar-refractivity contribution is 0.0279. The van der Waals surface area contributed by atoms with Gasteiger partial charge < -0.3 is 15.2 Å². The van der Waals surface area contributed by atoms with Gasteiger partial charge in [0.15, 0.2) is 0 Å². The second kappa shape index (κ2) is 5.29. The fourth-order valence-corrected chi connectivity index (χ4v) is 1.85. The van der Waals surface area contributed by atoms with Crippen LogP contribution in [0.4, 0.5) is 0 Å². The number of benzene rings is 1. The molecular weight excluding hydrogens is 226 g/mol. The summed E-state index contributed by atoms with van der Waals surface area (Å²) in [5, 5.41) is 13.2. The lowest BCUT2D eigenvalue weighted by atomic mass is 10.1. The lowest BCUT2D eigenvalue weighted by Crippen LogP contribution is -2.28. The number of ether oxygens (including phenoxy) is 1. The first-order chi connectivity index (χ1) is 8.46. The Labute approximate surface area is 109 Å². The summed E-state index contributed by atoms with van der Waals surface area (Å²) in [5.74, 6) is 0.910. The zero-order chi connectivity index (χ0) is 13.2. The molecule has 2 rings (SSSR count). The first-order valence-corrected chi connectivity index (χ1v) is 6.63. The van der Waals surface area contributed by atoms with Crippen LogP contribution < -0.4 is 10.1 Å². The van der Waals surface area contributed by atoms with Gasteiger partial charge in [-0.15, -0.1) is 0 Å². The van der Waals surface area contributed by atoms with E-state index in [1.165, 1.54) is 18.4 Å². The molecule has 0 bridgehead atoms. The minimum absolute atomic E-state index is 0.314. The Morgan fingerprint density at radius 3 is 2.72 bits per heavy atom. The summed E-state index contributed by atoms with van der Waals surface area (Å²) in [7, 11) is 0. The molecule has 0 amide bonds. The highest BCUT2D eigenvalue weighted by Gasteiger charge is 2.21. The average Bonchev–Trinajstić information content (AvgIpc) is 3.07. The first-order valence-electron chi connectivity index (χ1n) is 6.63. The molecule has 0 unspecified atom stereocenters. The number of hydrogen-bond acceptors (Lipinski definition) is 3. The van der Waals surface area contributed by atoms with Gasteiger partial charge in [-0.2, -0.15) is 0 Å². The van der Waals surface area contributed by atoms with E-state index in [4.69, 9.17) is 4.74 Å². The molecule has 3 heteroatoms. The Hall–Kier alpha value is -1.06. The normalized spacial score (nSPS) is 15.8. The summed E-state index contributed by atoms with van der Waals surface area (Å²) in [4.78, 5) is 0. The number of rotatable bonds is 6. The number of nitrogens with one attached hydrogen (secondary N) is 1. The van der Waals surface area contributed by atoms with Gasteiger partial charge >= 0.3 is 0 Å². The smallest absolute Gasteiger partial charge is 0.126 e. The molecule has 0 radical (unpaired) electrons. The third-order valence-electron chi connectivity index (χ3n) is 3.02. The minimum Gasteiger partial charge on any atom is -0.490 e. The van der Waals surface area contributed by atoms with E-state index in [-0.39, 0.29) is 0 Å². The lowest BCUT2D eigenvalue weighted by Gasteiger charge is -2.21. The summed E-state index contributed by atoms with van der Waals surface area (Å²) < 4.78 is 5.80. The molecule has 0 spiro atoms. The van der Waals surface area contributed by atoms with Crippen LogP contribution in [0.2, 0.25) is 0 Å². The Balaban J connectivity index is 2.04. The van der Waals surface area contributed by atoms with Gasteiger partial charge in [0.1, 0.15) is 12.4 Å². The fourth-order valence-electron chi connectivity index (χ4n) is 1.85. The zero-order valence-electron chi connectivity index (χ0n) is 11.5. The van der Waals surface area contributed by atoms with Crippen LogP contribution in [0.15, 0.2) is 18.2 Å². The number of para-hydroxylation sites is 1. The van der Waals surface area contributed by atoms with Gasteiger partial charge in [-0.05, 0) is 39.2 Å². The number of hydrogen-bond donors (Lipinski definition) is 2. The summed E-state index contributed by atoms with van der Waals surface area (Å²) in [6.07, 6.45) is 2.57. The highest BCUT2D eigenvalue weighted by molar-refractivity contribution is 5.40. The Morgan fingerprint density at radius 2 is 2.11 bits per heavy atom. The van der Waals surface area contributed by atoms with Crippen LogP contribution in [0.1, 0.15) is 37.8 Å². The van der Waals surface area contributed by atoms with Crippen molar-refractivity contribution in [1.29, 1.82) is 0 Å². The van der Waals surface area contributed by atoms with Crippen LogP contribution in [0.5, 0.6) is 5.75 Å². The van der Waals surface area contributed by atoms with Crippen molar-refractivity contribution < 1.29 is 9.84 Å². The molecule has 0 saturated heterocycles. The van der Waals surface area contributed by atoms with Gasteiger partial charge in [-0.25, -0.2) is 0 Å². The quantitative estimate of drug-likeness (QED) is 0.813. The Bertz CT molecular complexity index is 405. The molecule has 1 aliphatic rings. The largest absolute Gasteiger partial charge is 0.490 e. The van der Waals surface area contributed by atoms with E-state index in [1.807, 2.05) is 13.0 Å². The van der Waals surface area contributed by atoms with Crippen molar-refractivity contribution in [3.63, 3.8) is 0 Å².